The Morgan fingerprint density at radius 2 is 1.59 bits per heavy atom. The fourth-order valence-corrected chi connectivity index (χ4v) is 4.18. The largest absolute Gasteiger partial charge is 0.338 e. The van der Waals surface area contributed by atoms with Crippen LogP contribution in [0.3, 0.4) is 0 Å². The lowest BCUT2D eigenvalue weighted by molar-refractivity contribution is 0.0714. The molecule has 5 heteroatoms. The van der Waals surface area contributed by atoms with Crippen LogP contribution in [0.15, 0.2) is 79.1 Å². The molecule has 0 saturated carbocycles. The van der Waals surface area contributed by atoms with Crippen LogP contribution >= 0.6 is 0 Å². The molecule has 0 spiro atoms. The van der Waals surface area contributed by atoms with Crippen molar-refractivity contribution in [3.8, 4) is 11.3 Å². The molecule has 144 valence electrons. The predicted octanol–water partition coefficient (Wildman–Crippen LogP) is 4.42. The Morgan fingerprint density at radius 1 is 0.897 bits per heavy atom. The third-order valence-corrected chi connectivity index (χ3v) is 5.75. The number of likely N-dealkylation sites (tertiary alicyclic amines) is 1. The van der Waals surface area contributed by atoms with E-state index in [1.807, 2.05) is 47.4 Å². The summed E-state index contributed by atoms with van der Waals surface area (Å²) in [6.45, 7) is 1.52. The summed E-state index contributed by atoms with van der Waals surface area (Å²) in [5.74, 6) is 0.538. The van der Waals surface area contributed by atoms with Gasteiger partial charge in [-0.05, 0) is 30.4 Å². The normalized spacial score (nSPS) is 15.0. The third-order valence-electron chi connectivity index (χ3n) is 5.75. The first-order valence-electron chi connectivity index (χ1n) is 10.0. The molecule has 2 aromatic carbocycles. The number of fused-ring (bicyclic) bond motifs is 1. The summed E-state index contributed by atoms with van der Waals surface area (Å²) < 4.78 is 1.76. The zero-order chi connectivity index (χ0) is 19.6. The maximum Gasteiger partial charge on any atom is 0.259 e. The number of nitrogens with zero attached hydrogens (tertiary/aromatic N) is 4. The van der Waals surface area contributed by atoms with E-state index in [2.05, 4.69) is 34.3 Å². The maximum absolute atomic E-state index is 13.2. The molecular weight excluding hydrogens is 360 g/mol. The second-order valence-corrected chi connectivity index (χ2v) is 7.47. The van der Waals surface area contributed by atoms with Crippen molar-refractivity contribution in [2.24, 2.45) is 0 Å². The number of benzene rings is 2. The molecule has 4 aromatic rings. The van der Waals surface area contributed by atoms with Crippen molar-refractivity contribution in [2.45, 2.75) is 18.8 Å². The smallest absolute Gasteiger partial charge is 0.259 e. The topological polar surface area (TPSA) is 50.5 Å². The van der Waals surface area contributed by atoms with E-state index in [0.29, 0.717) is 17.1 Å². The Hall–Kier alpha value is -3.47. The molecule has 5 nitrogen and oxygen atoms in total. The molecule has 2 aromatic heterocycles. The fraction of sp³-hybridized carbons (Fsp3) is 0.208. The van der Waals surface area contributed by atoms with Gasteiger partial charge in [-0.25, -0.2) is 9.50 Å². The molecule has 0 unspecified atom stereocenters. The minimum Gasteiger partial charge on any atom is -0.338 e. The second-order valence-electron chi connectivity index (χ2n) is 7.47. The number of aromatic nitrogens is 3. The van der Waals surface area contributed by atoms with Gasteiger partial charge in [0.1, 0.15) is 5.56 Å². The molecule has 3 heterocycles. The molecule has 29 heavy (non-hydrogen) atoms. The summed E-state index contributed by atoms with van der Waals surface area (Å²) in [6.07, 6.45) is 5.37. The van der Waals surface area contributed by atoms with E-state index in [-0.39, 0.29) is 5.91 Å². The van der Waals surface area contributed by atoms with E-state index in [1.165, 1.54) is 5.56 Å². The van der Waals surface area contributed by atoms with Gasteiger partial charge in [-0.3, -0.25) is 4.79 Å². The van der Waals surface area contributed by atoms with Crippen LogP contribution in [0.5, 0.6) is 0 Å². The van der Waals surface area contributed by atoms with Gasteiger partial charge >= 0.3 is 0 Å². The molecule has 0 bridgehead atoms. The van der Waals surface area contributed by atoms with Crippen molar-refractivity contribution in [2.75, 3.05) is 13.1 Å². The molecule has 0 radical (unpaired) electrons. The minimum atomic E-state index is 0.0178. The van der Waals surface area contributed by atoms with Crippen molar-refractivity contribution >= 4 is 11.6 Å². The first-order chi connectivity index (χ1) is 14.3. The quantitative estimate of drug-likeness (QED) is 0.527. The standard InChI is InChI=1S/C24H22N4O/c29-24(27-15-12-19(13-16-27)18-7-3-1-4-8-18)21-17-26-28-22(11-14-25-23(21)28)20-9-5-2-6-10-20/h1-11,14,17,19H,12-13,15-16H2. The molecule has 1 amide bonds. The molecule has 1 aliphatic heterocycles. The molecular formula is C24H22N4O. The lowest BCUT2D eigenvalue weighted by Crippen LogP contribution is -2.37. The second kappa shape index (κ2) is 7.51. The highest BCUT2D eigenvalue weighted by Gasteiger charge is 2.27. The number of carbonyl (C=O) groups is 1. The van der Waals surface area contributed by atoms with Crippen molar-refractivity contribution in [1.29, 1.82) is 0 Å². The number of rotatable bonds is 3. The Morgan fingerprint density at radius 3 is 2.31 bits per heavy atom. The van der Waals surface area contributed by atoms with Crippen LogP contribution < -0.4 is 0 Å². The summed E-state index contributed by atoms with van der Waals surface area (Å²) in [7, 11) is 0. The average Bonchev–Trinajstić information content (AvgIpc) is 3.24. The SMILES string of the molecule is O=C(c1cnn2c(-c3ccccc3)ccnc12)N1CCC(c2ccccc2)CC1. The van der Waals surface area contributed by atoms with E-state index in [9.17, 15) is 4.79 Å². The van der Waals surface area contributed by atoms with Gasteiger partial charge in [0.05, 0.1) is 11.9 Å². The molecule has 5 rings (SSSR count). The Kier molecular flexibility index (Phi) is 4.56. The summed E-state index contributed by atoms with van der Waals surface area (Å²) in [6, 6.07) is 22.5. The fourth-order valence-electron chi connectivity index (χ4n) is 4.18. The molecule has 1 saturated heterocycles. The van der Waals surface area contributed by atoms with Crippen molar-refractivity contribution in [1.82, 2.24) is 19.5 Å². The molecule has 1 aliphatic rings. The van der Waals surface area contributed by atoms with Gasteiger partial charge in [0, 0.05) is 24.8 Å². The van der Waals surface area contributed by atoms with Crippen LogP contribution in [0, 0.1) is 0 Å². The minimum absolute atomic E-state index is 0.0178. The predicted molar refractivity (Wildman–Crippen MR) is 113 cm³/mol. The lowest BCUT2D eigenvalue weighted by atomic mass is 9.89. The highest BCUT2D eigenvalue weighted by atomic mass is 16.2. The van der Waals surface area contributed by atoms with Crippen LogP contribution in [-0.4, -0.2) is 38.5 Å². The molecule has 0 aliphatic carbocycles. The number of carbonyl (C=O) groups excluding carboxylic acids is 1. The zero-order valence-corrected chi connectivity index (χ0v) is 16.1. The van der Waals surface area contributed by atoms with Crippen molar-refractivity contribution < 1.29 is 4.79 Å². The Balaban J connectivity index is 1.38. The summed E-state index contributed by atoms with van der Waals surface area (Å²) in [5.41, 5.74) is 4.52. The Bertz CT molecular complexity index is 1130. The number of amides is 1. The summed E-state index contributed by atoms with van der Waals surface area (Å²) in [4.78, 5) is 19.6. The van der Waals surface area contributed by atoms with E-state index in [0.717, 1.165) is 37.2 Å². The number of hydrogen-bond acceptors (Lipinski definition) is 3. The number of piperidine rings is 1. The van der Waals surface area contributed by atoms with Crippen molar-refractivity contribution in [3.63, 3.8) is 0 Å². The van der Waals surface area contributed by atoms with Gasteiger partial charge < -0.3 is 4.90 Å². The lowest BCUT2D eigenvalue weighted by Gasteiger charge is -2.32. The average molecular weight is 382 g/mol. The van der Waals surface area contributed by atoms with Crippen LogP contribution in [0.1, 0.15) is 34.7 Å². The highest BCUT2D eigenvalue weighted by Crippen LogP contribution is 2.29. The monoisotopic (exact) mass is 382 g/mol. The maximum atomic E-state index is 13.2. The van der Waals surface area contributed by atoms with Gasteiger partial charge in [0.2, 0.25) is 0 Å². The van der Waals surface area contributed by atoms with Crippen LogP contribution in [-0.2, 0) is 0 Å². The number of hydrogen-bond donors (Lipinski definition) is 0. The van der Waals surface area contributed by atoms with Gasteiger partial charge in [0.15, 0.2) is 5.65 Å². The van der Waals surface area contributed by atoms with Crippen LogP contribution in [0.25, 0.3) is 16.9 Å². The molecule has 0 N–H and O–H groups in total. The molecule has 1 fully saturated rings. The summed E-state index contributed by atoms with van der Waals surface area (Å²) >= 11 is 0. The Labute approximate surface area is 169 Å². The summed E-state index contributed by atoms with van der Waals surface area (Å²) in [5, 5.41) is 4.48. The van der Waals surface area contributed by atoms with Crippen molar-refractivity contribution in [3.05, 3.63) is 90.3 Å². The van der Waals surface area contributed by atoms with E-state index >= 15 is 0 Å². The van der Waals surface area contributed by atoms with Gasteiger partial charge in [-0.15, -0.1) is 0 Å². The van der Waals surface area contributed by atoms with Gasteiger partial charge in [-0.1, -0.05) is 60.7 Å². The zero-order valence-electron chi connectivity index (χ0n) is 16.1. The first-order valence-corrected chi connectivity index (χ1v) is 10.0. The highest BCUT2D eigenvalue weighted by molar-refractivity contribution is 6.00. The van der Waals surface area contributed by atoms with Gasteiger partial charge in [0.25, 0.3) is 5.91 Å². The van der Waals surface area contributed by atoms with E-state index < -0.39 is 0 Å². The van der Waals surface area contributed by atoms with Gasteiger partial charge in [-0.2, -0.15) is 5.10 Å². The first kappa shape index (κ1) is 17.6. The van der Waals surface area contributed by atoms with Crippen LogP contribution in [0.4, 0.5) is 0 Å². The van der Waals surface area contributed by atoms with E-state index in [4.69, 9.17) is 0 Å². The molecule has 0 atom stereocenters. The van der Waals surface area contributed by atoms with E-state index in [1.54, 1.807) is 16.9 Å². The third kappa shape index (κ3) is 3.29. The van der Waals surface area contributed by atoms with Crippen LogP contribution in [0.2, 0.25) is 0 Å².